The van der Waals surface area contributed by atoms with Gasteiger partial charge in [-0.3, -0.25) is 14.4 Å². The smallest absolute Gasteiger partial charge is 0.244 e. The Kier molecular flexibility index (Phi) is 6.01. The van der Waals surface area contributed by atoms with Crippen molar-refractivity contribution in [3.63, 3.8) is 0 Å². The highest BCUT2D eigenvalue weighted by molar-refractivity contribution is 8.02. The minimum atomic E-state index is -0.588. The molecule has 0 aromatic rings. The molecular weight excluding hydrogens is 378 g/mol. The van der Waals surface area contributed by atoms with Gasteiger partial charge in [0.15, 0.2) is 0 Å². The minimum Gasteiger partial charge on any atom is -0.396 e. The van der Waals surface area contributed by atoms with E-state index < -0.39 is 22.2 Å². The van der Waals surface area contributed by atoms with E-state index in [2.05, 4.69) is 10.6 Å². The van der Waals surface area contributed by atoms with Crippen molar-refractivity contribution in [1.29, 1.82) is 0 Å². The average molecular weight is 412 g/mol. The van der Waals surface area contributed by atoms with Gasteiger partial charge in [0.1, 0.15) is 6.04 Å². The van der Waals surface area contributed by atoms with Crippen LogP contribution in [0, 0.1) is 11.8 Å². The summed E-state index contributed by atoms with van der Waals surface area (Å²) in [5.41, 5.74) is -0.406. The van der Waals surface area contributed by atoms with E-state index in [0.717, 1.165) is 19.3 Å². The number of carbonyl (C=O) groups is 3. The van der Waals surface area contributed by atoms with Crippen LogP contribution in [0.15, 0.2) is 0 Å². The number of thioether (sulfide) groups is 1. The van der Waals surface area contributed by atoms with Crippen molar-refractivity contribution in [2.75, 3.05) is 19.7 Å². The van der Waals surface area contributed by atoms with E-state index >= 15 is 0 Å². The monoisotopic (exact) mass is 411 g/mol. The van der Waals surface area contributed by atoms with Crippen LogP contribution in [0.25, 0.3) is 0 Å². The number of hydrogen-bond donors (Lipinski definition) is 3. The van der Waals surface area contributed by atoms with E-state index in [1.54, 1.807) is 16.7 Å². The molecule has 3 aliphatic heterocycles. The molecule has 2 bridgehead atoms. The molecule has 3 rings (SSSR count). The molecule has 3 fully saturated rings. The molecule has 3 saturated heterocycles. The fourth-order valence-corrected chi connectivity index (χ4v) is 7.26. The van der Waals surface area contributed by atoms with Crippen molar-refractivity contribution in [3.8, 4) is 0 Å². The number of aliphatic hydroxyl groups is 1. The molecule has 1 spiro atoms. The van der Waals surface area contributed by atoms with Crippen LogP contribution < -0.4 is 10.6 Å². The Morgan fingerprint density at radius 1 is 1.32 bits per heavy atom. The van der Waals surface area contributed by atoms with Gasteiger partial charge >= 0.3 is 0 Å². The highest BCUT2D eigenvalue weighted by Gasteiger charge is 2.73. The Bertz CT molecular complexity index is 650. The van der Waals surface area contributed by atoms with Gasteiger partial charge < -0.3 is 20.6 Å². The molecule has 28 heavy (non-hydrogen) atoms. The standard InChI is InChI=1S/C20H33N3O4S/c1-5-9-21-16(25)13-12-7-8-20(28-12)14(13)18(27)23(10-6-11-24)15(20)17(26)22-19(2,3)4/h12-15,24H,5-11H2,1-4H3,(H,21,25)(H,22,26)/t12-,13+,14+,15?,20?/m1/s1. The van der Waals surface area contributed by atoms with Crippen LogP contribution in [0.2, 0.25) is 0 Å². The van der Waals surface area contributed by atoms with Crippen molar-refractivity contribution in [2.24, 2.45) is 11.8 Å². The fraction of sp³-hybridized carbons (Fsp3) is 0.850. The van der Waals surface area contributed by atoms with Gasteiger partial charge in [0, 0.05) is 30.5 Å². The molecule has 158 valence electrons. The summed E-state index contributed by atoms with van der Waals surface area (Å²) in [5.74, 6) is -1.14. The molecule has 0 aromatic carbocycles. The first-order chi connectivity index (χ1) is 13.2. The van der Waals surface area contributed by atoms with E-state index in [9.17, 15) is 19.5 Å². The van der Waals surface area contributed by atoms with Crippen molar-refractivity contribution in [2.45, 2.75) is 75.0 Å². The van der Waals surface area contributed by atoms with E-state index in [4.69, 9.17) is 0 Å². The number of nitrogens with zero attached hydrogens (tertiary/aromatic N) is 1. The van der Waals surface area contributed by atoms with Crippen LogP contribution in [-0.4, -0.2) is 69.0 Å². The number of likely N-dealkylation sites (tertiary alicyclic amines) is 1. The molecule has 7 nitrogen and oxygen atoms in total. The largest absolute Gasteiger partial charge is 0.396 e. The fourth-order valence-electron chi connectivity index (χ4n) is 5.04. The lowest BCUT2D eigenvalue weighted by atomic mass is 9.70. The summed E-state index contributed by atoms with van der Waals surface area (Å²) in [7, 11) is 0. The number of aliphatic hydroxyl groups excluding tert-OH is 1. The van der Waals surface area contributed by atoms with Crippen LogP contribution in [0.4, 0.5) is 0 Å². The van der Waals surface area contributed by atoms with Gasteiger partial charge in [0.25, 0.3) is 0 Å². The molecule has 2 unspecified atom stereocenters. The molecule has 0 saturated carbocycles. The van der Waals surface area contributed by atoms with Crippen LogP contribution >= 0.6 is 11.8 Å². The molecule has 5 atom stereocenters. The van der Waals surface area contributed by atoms with Gasteiger partial charge in [-0.05, 0) is 46.5 Å². The number of fused-ring (bicyclic) bond motifs is 1. The summed E-state index contributed by atoms with van der Waals surface area (Å²) in [4.78, 5) is 41.2. The second kappa shape index (κ2) is 7.86. The van der Waals surface area contributed by atoms with E-state index in [1.807, 2.05) is 27.7 Å². The summed E-state index contributed by atoms with van der Waals surface area (Å²) in [6.45, 7) is 8.68. The lowest BCUT2D eigenvalue weighted by Crippen LogP contribution is -2.57. The lowest BCUT2D eigenvalue weighted by molar-refractivity contribution is -0.140. The molecular formula is C20H33N3O4S. The predicted molar refractivity (Wildman–Crippen MR) is 109 cm³/mol. The molecule has 3 aliphatic rings. The maximum Gasteiger partial charge on any atom is 0.244 e. The number of nitrogens with one attached hydrogen (secondary N) is 2. The predicted octanol–water partition coefficient (Wildman–Crippen LogP) is 0.901. The molecule has 0 radical (unpaired) electrons. The Balaban J connectivity index is 1.94. The average Bonchev–Trinajstić information content (AvgIpc) is 3.23. The number of carbonyl (C=O) groups excluding carboxylic acids is 3. The summed E-state index contributed by atoms with van der Waals surface area (Å²) >= 11 is 1.68. The van der Waals surface area contributed by atoms with Crippen LogP contribution in [0.3, 0.4) is 0 Å². The first-order valence-electron chi connectivity index (χ1n) is 10.3. The zero-order chi connectivity index (χ0) is 20.7. The molecule has 8 heteroatoms. The van der Waals surface area contributed by atoms with Gasteiger partial charge in [-0.1, -0.05) is 6.92 Å². The van der Waals surface area contributed by atoms with Gasteiger partial charge in [0.2, 0.25) is 17.7 Å². The minimum absolute atomic E-state index is 0.0365. The third-order valence-corrected chi connectivity index (χ3v) is 7.91. The van der Waals surface area contributed by atoms with E-state index in [-0.39, 0.29) is 35.5 Å². The second-order valence-electron chi connectivity index (χ2n) is 9.19. The zero-order valence-electron chi connectivity index (χ0n) is 17.3. The normalized spacial score (nSPS) is 33.9. The number of rotatable bonds is 7. The molecule has 3 amide bonds. The molecule has 3 heterocycles. The van der Waals surface area contributed by atoms with Crippen molar-refractivity contribution in [3.05, 3.63) is 0 Å². The Hall–Kier alpha value is -1.28. The van der Waals surface area contributed by atoms with Gasteiger partial charge in [0.05, 0.1) is 16.6 Å². The molecule has 3 N–H and O–H groups in total. The maximum absolute atomic E-state index is 13.4. The second-order valence-corrected chi connectivity index (χ2v) is 10.8. The van der Waals surface area contributed by atoms with E-state index in [1.165, 1.54) is 0 Å². The summed E-state index contributed by atoms with van der Waals surface area (Å²) in [6, 6.07) is -0.588. The lowest BCUT2D eigenvalue weighted by Gasteiger charge is -2.36. The summed E-state index contributed by atoms with van der Waals surface area (Å²) in [6.07, 6.45) is 2.90. The zero-order valence-corrected chi connectivity index (χ0v) is 18.1. The third-order valence-electron chi connectivity index (χ3n) is 5.96. The first kappa shape index (κ1) is 21.4. The van der Waals surface area contributed by atoms with Gasteiger partial charge in [-0.15, -0.1) is 11.8 Å². The van der Waals surface area contributed by atoms with Crippen molar-refractivity contribution >= 4 is 29.5 Å². The third kappa shape index (κ3) is 3.54. The molecule has 0 aromatic heterocycles. The Labute approximate surface area is 171 Å². The van der Waals surface area contributed by atoms with E-state index in [0.29, 0.717) is 19.5 Å². The molecule has 0 aliphatic carbocycles. The first-order valence-corrected chi connectivity index (χ1v) is 11.2. The Morgan fingerprint density at radius 3 is 2.64 bits per heavy atom. The highest BCUT2D eigenvalue weighted by atomic mass is 32.2. The highest BCUT2D eigenvalue weighted by Crippen LogP contribution is 2.66. The quantitative estimate of drug-likeness (QED) is 0.578. The van der Waals surface area contributed by atoms with Gasteiger partial charge in [-0.25, -0.2) is 0 Å². The maximum atomic E-state index is 13.4. The number of hydrogen-bond acceptors (Lipinski definition) is 5. The number of amides is 3. The topological polar surface area (TPSA) is 98.7 Å². The van der Waals surface area contributed by atoms with Crippen molar-refractivity contribution < 1.29 is 19.5 Å². The van der Waals surface area contributed by atoms with Crippen LogP contribution in [-0.2, 0) is 14.4 Å². The Morgan fingerprint density at radius 2 is 2.04 bits per heavy atom. The summed E-state index contributed by atoms with van der Waals surface area (Å²) < 4.78 is -0.541. The SMILES string of the molecule is CCCNC(=O)[C@@H]1[C@H]2C(=O)N(CCCO)C(C(=O)NC(C)(C)C)C23CC[C@H]1S3. The summed E-state index contributed by atoms with van der Waals surface area (Å²) in [5, 5.41) is 15.4. The van der Waals surface area contributed by atoms with Crippen LogP contribution in [0.5, 0.6) is 0 Å². The van der Waals surface area contributed by atoms with Crippen molar-refractivity contribution in [1.82, 2.24) is 15.5 Å². The van der Waals surface area contributed by atoms with Gasteiger partial charge in [-0.2, -0.15) is 0 Å². The van der Waals surface area contributed by atoms with Crippen LogP contribution in [0.1, 0.15) is 53.4 Å².